The molecule has 1 amide bonds. The normalized spacial score (nSPS) is 15.2. The predicted molar refractivity (Wildman–Crippen MR) is 84.0 cm³/mol. The highest BCUT2D eigenvalue weighted by molar-refractivity contribution is 7.80. The van der Waals surface area contributed by atoms with Gasteiger partial charge in [-0.2, -0.15) is 0 Å². The molecule has 0 aliphatic heterocycles. The second-order valence-electron chi connectivity index (χ2n) is 5.55. The molecule has 1 rings (SSSR count). The molecule has 0 saturated carbocycles. The van der Waals surface area contributed by atoms with Crippen molar-refractivity contribution in [1.29, 1.82) is 0 Å². The fourth-order valence-corrected chi connectivity index (χ4v) is 2.44. The van der Waals surface area contributed by atoms with Crippen LogP contribution in [0.15, 0.2) is 11.6 Å². The minimum Gasteiger partial charge on any atom is -0.393 e. The monoisotopic (exact) mass is 282 g/mol. The Balaban J connectivity index is 2.50. The molecule has 0 unspecified atom stereocenters. The van der Waals surface area contributed by atoms with E-state index in [1.807, 2.05) is 18.7 Å². The molecule has 0 atom stereocenters. The maximum Gasteiger partial charge on any atom is 0.225 e. The number of hydrogen-bond donors (Lipinski definition) is 1. The van der Waals surface area contributed by atoms with Crippen LogP contribution in [-0.2, 0) is 4.79 Å². The van der Waals surface area contributed by atoms with Crippen molar-refractivity contribution >= 4 is 23.1 Å². The lowest BCUT2D eigenvalue weighted by molar-refractivity contribution is -0.134. The van der Waals surface area contributed by atoms with Gasteiger partial charge in [-0.3, -0.25) is 4.79 Å². The third-order valence-electron chi connectivity index (χ3n) is 3.52. The van der Waals surface area contributed by atoms with Gasteiger partial charge < -0.3 is 10.6 Å². The molecule has 0 radical (unpaired) electrons. The van der Waals surface area contributed by atoms with E-state index in [-0.39, 0.29) is 11.8 Å². The van der Waals surface area contributed by atoms with Crippen LogP contribution in [0.3, 0.4) is 0 Å². The van der Waals surface area contributed by atoms with Gasteiger partial charge in [0, 0.05) is 25.4 Å². The first-order valence-electron chi connectivity index (χ1n) is 7.25. The van der Waals surface area contributed by atoms with Crippen molar-refractivity contribution in [2.75, 3.05) is 13.1 Å². The molecule has 2 N–H and O–H groups in total. The molecule has 0 aromatic heterocycles. The number of carbonyl (C=O) groups excluding carboxylic acids is 1. The maximum atomic E-state index is 12.2. The number of hydrogen-bond acceptors (Lipinski definition) is 2. The SMILES string of the molecule is CC(C)C(=O)N(CCC(N)=S)CCC1=CCCCC1. The molecule has 0 heterocycles. The molecule has 108 valence electrons. The lowest BCUT2D eigenvalue weighted by atomic mass is 9.97. The Morgan fingerprint density at radius 2 is 2.16 bits per heavy atom. The zero-order chi connectivity index (χ0) is 14.3. The summed E-state index contributed by atoms with van der Waals surface area (Å²) in [6.45, 7) is 5.33. The number of nitrogens with two attached hydrogens (primary N) is 1. The number of nitrogens with zero attached hydrogens (tertiary/aromatic N) is 1. The van der Waals surface area contributed by atoms with E-state index >= 15 is 0 Å². The smallest absolute Gasteiger partial charge is 0.225 e. The lowest BCUT2D eigenvalue weighted by Crippen LogP contribution is -2.37. The van der Waals surface area contributed by atoms with Gasteiger partial charge in [0.25, 0.3) is 0 Å². The Bertz CT molecular complexity index is 350. The Labute approximate surface area is 122 Å². The molecule has 0 fully saturated rings. The Morgan fingerprint density at radius 3 is 2.68 bits per heavy atom. The van der Waals surface area contributed by atoms with Crippen LogP contribution in [0.5, 0.6) is 0 Å². The highest BCUT2D eigenvalue weighted by atomic mass is 32.1. The van der Waals surface area contributed by atoms with E-state index in [9.17, 15) is 4.79 Å². The maximum absolute atomic E-state index is 12.2. The average Bonchev–Trinajstić information content (AvgIpc) is 2.39. The molecule has 0 saturated heterocycles. The van der Waals surface area contributed by atoms with Crippen molar-refractivity contribution in [2.45, 2.75) is 52.4 Å². The van der Waals surface area contributed by atoms with Crippen molar-refractivity contribution in [2.24, 2.45) is 11.7 Å². The Morgan fingerprint density at radius 1 is 1.42 bits per heavy atom. The summed E-state index contributed by atoms with van der Waals surface area (Å²) in [7, 11) is 0. The van der Waals surface area contributed by atoms with E-state index in [1.54, 1.807) is 0 Å². The topological polar surface area (TPSA) is 46.3 Å². The largest absolute Gasteiger partial charge is 0.393 e. The van der Waals surface area contributed by atoms with Crippen molar-refractivity contribution in [3.63, 3.8) is 0 Å². The molecule has 0 spiro atoms. The molecule has 1 aliphatic rings. The molecule has 0 aromatic carbocycles. The summed E-state index contributed by atoms with van der Waals surface area (Å²) in [4.78, 5) is 14.6. The molecular weight excluding hydrogens is 256 g/mol. The second kappa shape index (κ2) is 8.31. The summed E-state index contributed by atoms with van der Waals surface area (Å²) in [6.07, 6.45) is 8.94. The molecule has 4 heteroatoms. The molecule has 1 aliphatic carbocycles. The number of carbonyl (C=O) groups is 1. The van der Waals surface area contributed by atoms with Crippen LogP contribution in [0.4, 0.5) is 0 Å². The van der Waals surface area contributed by atoms with Crippen LogP contribution in [0, 0.1) is 5.92 Å². The van der Waals surface area contributed by atoms with E-state index in [2.05, 4.69) is 6.08 Å². The summed E-state index contributed by atoms with van der Waals surface area (Å²) in [6, 6.07) is 0. The summed E-state index contributed by atoms with van der Waals surface area (Å²) in [5.74, 6) is 0.236. The van der Waals surface area contributed by atoms with Crippen molar-refractivity contribution in [1.82, 2.24) is 4.90 Å². The highest BCUT2D eigenvalue weighted by Crippen LogP contribution is 2.20. The van der Waals surface area contributed by atoms with E-state index in [0.29, 0.717) is 18.0 Å². The summed E-state index contributed by atoms with van der Waals surface area (Å²) >= 11 is 4.90. The fourth-order valence-electron chi connectivity index (χ4n) is 2.35. The molecular formula is C15H26N2OS. The lowest BCUT2D eigenvalue weighted by Gasteiger charge is -2.25. The van der Waals surface area contributed by atoms with Gasteiger partial charge in [-0.05, 0) is 32.1 Å². The summed E-state index contributed by atoms with van der Waals surface area (Å²) < 4.78 is 0. The van der Waals surface area contributed by atoms with Gasteiger partial charge in [-0.15, -0.1) is 0 Å². The molecule has 0 aromatic rings. The van der Waals surface area contributed by atoms with Crippen LogP contribution in [-0.4, -0.2) is 28.9 Å². The van der Waals surface area contributed by atoms with Crippen LogP contribution in [0.1, 0.15) is 52.4 Å². The van der Waals surface area contributed by atoms with Crippen LogP contribution < -0.4 is 5.73 Å². The quantitative estimate of drug-likeness (QED) is 0.576. The summed E-state index contributed by atoms with van der Waals surface area (Å²) in [5, 5.41) is 0. The standard InChI is InChI=1S/C15H26N2OS/c1-12(2)15(18)17(11-9-14(16)19)10-8-13-6-4-3-5-7-13/h6,12H,3-5,7-11H2,1-2H3,(H2,16,19). The van der Waals surface area contributed by atoms with Gasteiger partial charge in [-0.25, -0.2) is 0 Å². The Kier molecular flexibility index (Phi) is 7.06. The zero-order valence-electron chi connectivity index (χ0n) is 12.2. The highest BCUT2D eigenvalue weighted by Gasteiger charge is 2.17. The predicted octanol–water partition coefficient (Wildman–Crippen LogP) is 3.04. The van der Waals surface area contributed by atoms with Crippen molar-refractivity contribution in [3.8, 4) is 0 Å². The molecule has 0 bridgehead atoms. The number of amides is 1. The number of allylic oxidation sites excluding steroid dienone is 1. The number of rotatable bonds is 7. The van der Waals surface area contributed by atoms with Gasteiger partial charge in [-0.1, -0.05) is 37.7 Å². The van der Waals surface area contributed by atoms with Gasteiger partial charge in [0.1, 0.15) is 0 Å². The Hall–Kier alpha value is -0.900. The first kappa shape index (κ1) is 16.2. The van der Waals surface area contributed by atoms with E-state index in [4.69, 9.17) is 18.0 Å². The zero-order valence-corrected chi connectivity index (χ0v) is 13.0. The van der Waals surface area contributed by atoms with E-state index in [1.165, 1.54) is 31.3 Å². The van der Waals surface area contributed by atoms with Gasteiger partial charge in [0.15, 0.2) is 0 Å². The van der Waals surface area contributed by atoms with Crippen molar-refractivity contribution < 1.29 is 4.79 Å². The van der Waals surface area contributed by atoms with Crippen LogP contribution >= 0.6 is 12.2 Å². The fraction of sp³-hybridized carbons (Fsp3) is 0.733. The minimum atomic E-state index is 0.0340. The van der Waals surface area contributed by atoms with Gasteiger partial charge >= 0.3 is 0 Å². The summed E-state index contributed by atoms with van der Waals surface area (Å²) in [5.41, 5.74) is 7.04. The third-order valence-corrected chi connectivity index (χ3v) is 3.73. The van der Waals surface area contributed by atoms with Gasteiger partial charge in [0.05, 0.1) is 4.99 Å². The van der Waals surface area contributed by atoms with E-state index < -0.39 is 0 Å². The first-order chi connectivity index (χ1) is 9.00. The third kappa shape index (κ3) is 6.19. The minimum absolute atomic E-state index is 0.0340. The molecule has 3 nitrogen and oxygen atoms in total. The van der Waals surface area contributed by atoms with Crippen LogP contribution in [0.2, 0.25) is 0 Å². The second-order valence-corrected chi connectivity index (χ2v) is 6.08. The van der Waals surface area contributed by atoms with Gasteiger partial charge in [0.2, 0.25) is 5.91 Å². The molecule has 19 heavy (non-hydrogen) atoms. The van der Waals surface area contributed by atoms with Crippen molar-refractivity contribution in [3.05, 3.63) is 11.6 Å². The number of thiocarbonyl (C=S) groups is 1. The first-order valence-corrected chi connectivity index (χ1v) is 7.66. The van der Waals surface area contributed by atoms with Crippen LogP contribution in [0.25, 0.3) is 0 Å². The average molecular weight is 282 g/mol. The van der Waals surface area contributed by atoms with E-state index in [0.717, 1.165) is 13.0 Å².